The highest BCUT2D eigenvalue weighted by Crippen LogP contribution is 2.27. The molecule has 0 aliphatic heterocycles. The molecule has 0 unspecified atom stereocenters. The summed E-state index contributed by atoms with van der Waals surface area (Å²) in [6.07, 6.45) is -0.855. The molecular weight excluding hydrogens is 217 g/mol. The van der Waals surface area contributed by atoms with Crippen molar-refractivity contribution < 1.29 is 13.2 Å². The Morgan fingerprint density at radius 1 is 1.19 bits per heavy atom. The highest BCUT2D eigenvalue weighted by Gasteiger charge is 2.36. The van der Waals surface area contributed by atoms with Gasteiger partial charge >= 0.3 is 6.18 Å². The quantitative estimate of drug-likeness (QED) is 0.818. The van der Waals surface area contributed by atoms with Gasteiger partial charge in [0.15, 0.2) is 0 Å². The Labute approximate surface area is 95.0 Å². The normalized spacial score (nSPS) is 27.8. The molecule has 0 radical (unpaired) electrons. The number of halogens is 3. The lowest BCUT2D eigenvalue weighted by Crippen LogP contribution is -2.48. The molecule has 2 N–H and O–H groups in total. The number of nitrogens with zero attached hydrogens (tertiary/aromatic N) is 1. The van der Waals surface area contributed by atoms with E-state index < -0.39 is 12.7 Å². The van der Waals surface area contributed by atoms with E-state index in [0.29, 0.717) is 0 Å². The Balaban J connectivity index is 2.56. The summed E-state index contributed by atoms with van der Waals surface area (Å²) in [4.78, 5) is 1.56. The topological polar surface area (TPSA) is 29.3 Å². The minimum atomic E-state index is -4.11. The predicted octanol–water partition coefficient (Wildman–Crippen LogP) is 2.53. The van der Waals surface area contributed by atoms with Crippen LogP contribution < -0.4 is 5.73 Å². The van der Waals surface area contributed by atoms with E-state index in [2.05, 4.69) is 0 Å². The zero-order chi connectivity index (χ0) is 12.3. The molecule has 1 rings (SSSR count). The van der Waals surface area contributed by atoms with E-state index in [1.807, 2.05) is 13.8 Å². The van der Waals surface area contributed by atoms with Gasteiger partial charge in [0, 0.05) is 18.1 Å². The maximum atomic E-state index is 12.4. The summed E-state index contributed by atoms with van der Waals surface area (Å²) in [6, 6.07) is 0.151. The molecule has 1 aliphatic carbocycles. The van der Waals surface area contributed by atoms with E-state index >= 15 is 0 Å². The van der Waals surface area contributed by atoms with Crippen LogP contribution >= 0.6 is 0 Å². The standard InChI is InChI=1S/C11H21F3N2/c1-8(2)16(7-11(12,13)14)10-5-3-9(15)4-6-10/h8-10H,3-7,15H2,1-2H3. The highest BCUT2D eigenvalue weighted by molar-refractivity contribution is 4.83. The van der Waals surface area contributed by atoms with Gasteiger partial charge in [0.1, 0.15) is 0 Å². The van der Waals surface area contributed by atoms with E-state index in [1.54, 1.807) is 4.90 Å². The third kappa shape index (κ3) is 4.29. The first-order valence-corrected chi connectivity index (χ1v) is 5.87. The summed E-state index contributed by atoms with van der Waals surface area (Å²) in [7, 11) is 0. The van der Waals surface area contributed by atoms with Crippen LogP contribution in [0.25, 0.3) is 0 Å². The molecule has 0 atom stereocenters. The maximum absolute atomic E-state index is 12.4. The summed E-state index contributed by atoms with van der Waals surface area (Å²) in [5.41, 5.74) is 5.76. The van der Waals surface area contributed by atoms with Crippen molar-refractivity contribution in [2.45, 2.75) is 63.8 Å². The minimum Gasteiger partial charge on any atom is -0.328 e. The SMILES string of the molecule is CC(C)N(CC(F)(F)F)C1CCC(N)CC1. The minimum absolute atomic E-state index is 0.0430. The second kappa shape index (κ2) is 5.36. The highest BCUT2D eigenvalue weighted by atomic mass is 19.4. The summed E-state index contributed by atoms with van der Waals surface area (Å²) in [5, 5.41) is 0. The van der Waals surface area contributed by atoms with E-state index in [0.717, 1.165) is 25.7 Å². The number of alkyl halides is 3. The predicted molar refractivity (Wildman–Crippen MR) is 58.1 cm³/mol. The van der Waals surface area contributed by atoms with Gasteiger partial charge in [-0.25, -0.2) is 0 Å². The van der Waals surface area contributed by atoms with Crippen molar-refractivity contribution in [1.29, 1.82) is 0 Å². The maximum Gasteiger partial charge on any atom is 0.401 e. The number of nitrogens with two attached hydrogens (primary N) is 1. The van der Waals surface area contributed by atoms with Crippen LogP contribution in [0.2, 0.25) is 0 Å². The van der Waals surface area contributed by atoms with Gasteiger partial charge in [0.25, 0.3) is 0 Å². The molecule has 1 saturated carbocycles. The molecule has 0 amide bonds. The average molecular weight is 238 g/mol. The number of hydrogen-bond acceptors (Lipinski definition) is 2. The molecule has 0 heterocycles. The number of hydrogen-bond donors (Lipinski definition) is 1. The van der Waals surface area contributed by atoms with Crippen molar-refractivity contribution in [2.24, 2.45) is 5.73 Å². The van der Waals surface area contributed by atoms with E-state index in [4.69, 9.17) is 5.73 Å². The van der Waals surface area contributed by atoms with Gasteiger partial charge in [-0.15, -0.1) is 0 Å². The lowest BCUT2D eigenvalue weighted by Gasteiger charge is -2.38. The molecule has 0 aromatic carbocycles. The van der Waals surface area contributed by atoms with Gasteiger partial charge in [-0.05, 0) is 39.5 Å². The summed E-state index contributed by atoms with van der Waals surface area (Å²) in [6.45, 7) is 2.84. The van der Waals surface area contributed by atoms with Crippen molar-refractivity contribution in [3.05, 3.63) is 0 Å². The van der Waals surface area contributed by atoms with E-state index in [9.17, 15) is 13.2 Å². The Morgan fingerprint density at radius 2 is 1.69 bits per heavy atom. The molecular formula is C11H21F3N2. The summed E-state index contributed by atoms with van der Waals surface area (Å²) in [5.74, 6) is 0. The molecule has 0 aromatic rings. The Morgan fingerprint density at radius 3 is 2.06 bits per heavy atom. The van der Waals surface area contributed by atoms with Crippen LogP contribution in [0, 0.1) is 0 Å². The van der Waals surface area contributed by atoms with E-state index in [-0.39, 0.29) is 18.1 Å². The van der Waals surface area contributed by atoms with Crippen LogP contribution in [-0.4, -0.2) is 35.7 Å². The Kier molecular flexibility index (Phi) is 4.62. The van der Waals surface area contributed by atoms with Crippen molar-refractivity contribution in [2.75, 3.05) is 6.54 Å². The molecule has 5 heteroatoms. The molecule has 1 aliphatic rings. The molecule has 1 fully saturated rings. The molecule has 2 nitrogen and oxygen atoms in total. The van der Waals surface area contributed by atoms with Crippen LogP contribution in [0.4, 0.5) is 13.2 Å². The van der Waals surface area contributed by atoms with Crippen molar-refractivity contribution in [3.8, 4) is 0 Å². The van der Waals surface area contributed by atoms with Gasteiger partial charge in [-0.2, -0.15) is 13.2 Å². The Bertz CT molecular complexity index is 208. The van der Waals surface area contributed by atoms with Gasteiger partial charge in [0.2, 0.25) is 0 Å². The first-order chi connectivity index (χ1) is 7.29. The molecule has 0 spiro atoms. The average Bonchev–Trinajstić information content (AvgIpc) is 2.14. The fourth-order valence-electron chi connectivity index (χ4n) is 2.37. The fraction of sp³-hybridized carbons (Fsp3) is 1.00. The van der Waals surface area contributed by atoms with Crippen molar-refractivity contribution in [1.82, 2.24) is 4.90 Å². The van der Waals surface area contributed by atoms with Gasteiger partial charge < -0.3 is 5.73 Å². The Hall–Kier alpha value is -0.290. The summed E-state index contributed by atoms with van der Waals surface area (Å²) >= 11 is 0. The van der Waals surface area contributed by atoms with Crippen LogP contribution in [0.1, 0.15) is 39.5 Å². The first kappa shape index (κ1) is 13.8. The summed E-state index contributed by atoms with van der Waals surface area (Å²) < 4.78 is 37.3. The number of rotatable bonds is 3. The lowest BCUT2D eigenvalue weighted by atomic mass is 9.90. The molecule has 0 aromatic heterocycles. The van der Waals surface area contributed by atoms with Gasteiger partial charge in [-0.3, -0.25) is 4.90 Å². The molecule has 0 bridgehead atoms. The van der Waals surface area contributed by atoms with Crippen LogP contribution in [0.3, 0.4) is 0 Å². The van der Waals surface area contributed by atoms with Crippen LogP contribution in [0.15, 0.2) is 0 Å². The second-order valence-electron chi connectivity index (χ2n) is 4.95. The third-order valence-electron chi connectivity index (χ3n) is 3.24. The monoisotopic (exact) mass is 238 g/mol. The van der Waals surface area contributed by atoms with Gasteiger partial charge in [0.05, 0.1) is 6.54 Å². The lowest BCUT2D eigenvalue weighted by molar-refractivity contribution is -0.156. The molecule has 0 saturated heterocycles. The van der Waals surface area contributed by atoms with Crippen LogP contribution in [0.5, 0.6) is 0 Å². The van der Waals surface area contributed by atoms with E-state index in [1.165, 1.54) is 0 Å². The van der Waals surface area contributed by atoms with Crippen molar-refractivity contribution >= 4 is 0 Å². The van der Waals surface area contributed by atoms with Crippen LogP contribution in [-0.2, 0) is 0 Å². The van der Waals surface area contributed by atoms with Gasteiger partial charge in [-0.1, -0.05) is 0 Å². The zero-order valence-electron chi connectivity index (χ0n) is 9.93. The fourth-order valence-corrected chi connectivity index (χ4v) is 2.37. The zero-order valence-corrected chi connectivity index (χ0v) is 9.93. The smallest absolute Gasteiger partial charge is 0.328 e. The molecule has 96 valence electrons. The van der Waals surface area contributed by atoms with Crippen molar-refractivity contribution in [3.63, 3.8) is 0 Å². The third-order valence-corrected chi connectivity index (χ3v) is 3.24. The second-order valence-corrected chi connectivity index (χ2v) is 4.95. The first-order valence-electron chi connectivity index (χ1n) is 5.87. The largest absolute Gasteiger partial charge is 0.401 e. The molecule has 16 heavy (non-hydrogen) atoms.